The Morgan fingerprint density at radius 3 is 3.00 bits per heavy atom. The van der Waals surface area contributed by atoms with E-state index in [1.807, 2.05) is 24.3 Å². The van der Waals surface area contributed by atoms with E-state index < -0.39 is 0 Å². The van der Waals surface area contributed by atoms with E-state index in [-0.39, 0.29) is 18.5 Å². The third-order valence-corrected chi connectivity index (χ3v) is 3.10. The fourth-order valence-electron chi connectivity index (χ4n) is 2.06. The van der Waals surface area contributed by atoms with Crippen molar-refractivity contribution >= 4 is 5.91 Å². The molecular formula is C13H14N4O3. The maximum atomic E-state index is 11.1. The number of methoxy groups -OCH3 is 1. The Morgan fingerprint density at radius 1 is 1.40 bits per heavy atom. The first-order chi connectivity index (χ1) is 9.78. The average Bonchev–Trinajstić information content (AvgIpc) is 2.97. The molecule has 2 aromatic rings. The zero-order valence-electron chi connectivity index (χ0n) is 10.9. The molecule has 1 unspecified atom stereocenters. The predicted molar refractivity (Wildman–Crippen MR) is 70.0 cm³/mol. The van der Waals surface area contributed by atoms with Crippen LogP contribution in [0.5, 0.6) is 5.75 Å². The van der Waals surface area contributed by atoms with Crippen LogP contribution in [0.4, 0.5) is 0 Å². The molecule has 104 valence electrons. The normalized spacial score (nSPS) is 18.6. The number of hydrogen-bond acceptors (Lipinski definition) is 6. The number of hydrogen-bond donors (Lipinski definition) is 2. The van der Waals surface area contributed by atoms with Crippen LogP contribution in [-0.4, -0.2) is 36.2 Å². The number of nitrogens with zero attached hydrogens (tertiary/aromatic N) is 2. The van der Waals surface area contributed by atoms with Gasteiger partial charge in [0, 0.05) is 6.54 Å². The number of carbonyl (C=O) groups is 1. The van der Waals surface area contributed by atoms with Gasteiger partial charge in [-0.2, -0.15) is 4.98 Å². The Hall–Kier alpha value is -2.41. The zero-order chi connectivity index (χ0) is 13.9. The first kappa shape index (κ1) is 12.6. The van der Waals surface area contributed by atoms with Gasteiger partial charge in [0.2, 0.25) is 17.6 Å². The highest BCUT2D eigenvalue weighted by Crippen LogP contribution is 2.28. The van der Waals surface area contributed by atoms with Gasteiger partial charge < -0.3 is 14.6 Å². The quantitative estimate of drug-likeness (QED) is 0.847. The highest BCUT2D eigenvalue weighted by molar-refractivity contribution is 5.78. The molecule has 0 spiro atoms. The third-order valence-electron chi connectivity index (χ3n) is 3.10. The molecule has 1 aromatic heterocycles. The van der Waals surface area contributed by atoms with Gasteiger partial charge in [-0.15, -0.1) is 0 Å². The largest absolute Gasteiger partial charge is 0.496 e. The second kappa shape index (κ2) is 5.30. The van der Waals surface area contributed by atoms with Crippen molar-refractivity contribution in [2.45, 2.75) is 6.04 Å². The van der Waals surface area contributed by atoms with Gasteiger partial charge in [0.1, 0.15) is 11.8 Å². The Bertz CT molecular complexity index is 616. The molecule has 0 bridgehead atoms. The molecule has 7 nitrogen and oxygen atoms in total. The number of piperazine rings is 1. The molecule has 0 radical (unpaired) electrons. The lowest BCUT2D eigenvalue weighted by Crippen LogP contribution is -2.47. The van der Waals surface area contributed by atoms with Crippen molar-refractivity contribution in [3.05, 3.63) is 30.2 Å². The summed E-state index contributed by atoms with van der Waals surface area (Å²) >= 11 is 0. The highest BCUT2D eigenvalue weighted by atomic mass is 16.5. The number of benzene rings is 1. The number of para-hydroxylation sites is 1. The number of carbonyl (C=O) groups excluding carboxylic acids is 1. The lowest BCUT2D eigenvalue weighted by Gasteiger charge is -2.20. The summed E-state index contributed by atoms with van der Waals surface area (Å²) in [6.07, 6.45) is 0. The average molecular weight is 274 g/mol. The molecule has 7 heteroatoms. The molecule has 1 amide bonds. The fourth-order valence-corrected chi connectivity index (χ4v) is 2.06. The number of ether oxygens (including phenoxy) is 1. The molecule has 1 saturated heterocycles. The van der Waals surface area contributed by atoms with Crippen molar-refractivity contribution in [1.29, 1.82) is 0 Å². The molecule has 2 N–H and O–H groups in total. The molecule has 3 rings (SSSR count). The summed E-state index contributed by atoms with van der Waals surface area (Å²) in [7, 11) is 1.60. The maximum absolute atomic E-state index is 11.1. The van der Waals surface area contributed by atoms with Crippen LogP contribution in [0.15, 0.2) is 28.8 Å². The summed E-state index contributed by atoms with van der Waals surface area (Å²) in [6.45, 7) is 0.684. The molecule has 1 aromatic carbocycles. The molecule has 0 saturated carbocycles. The van der Waals surface area contributed by atoms with Crippen LogP contribution in [0.3, 0.4) is 0 Å². The minimum Gasteiger partial charge on any atom is -0.496 e. The van der Waals surface area contributed by atoms with Crippen LogP contribution in [0.25, 0.3) is 11.4 Å². The van der Waals surface area contributed by atoms with Crippen molar-refractivity contribution < 1.29 is 14.1 Å². The van der Waals surface area contributed by atoms with E-state index in [0.717, 1.165) is 5.56 Å². The first-order valence-electron chi connectivity index (χ1n) is 6.25. The number of nitrogens with one attached hydrogen (secondary N) is 2. The summed E-state index contributed by atoms with van der Waals surface area (Å²) in [5.74, 6) is 1.57. The number of amides is 1. The van der Waals surface area contributed by atoms with E-state index >= 15 is 0 Å². The molecule has 1 atom stereocenters. The van der Waals surface area contributed by atoms with Crippen molar-refractivity contribution in [1.82, 2.24) is 20.8 Å². The SMILES string of the molecule is COc1ccccc1-c1noc(C2CNC(=O)CN2)n1. The van der Waals surface area contributed by atoms with Gasteiger partial charge in [0.15, 0.2) is 0 Å². The maximum Gasteiger partial charge on any atom is 0.245 e. The van der Waals surface area contributed by atoms with Crippen molar-refractivity contribution in [3.8, 4) is 17.1 Å². The summed E-state index contributed by atoms with van der Waals surface area (Å²) in [6, 6.07) is 7.30. The molecule has 0 aliphatic carbocycles. The number of rotatable bonds is 3. The molecule has 1 aliphatic heterocycles. The van der Waals surface area contributed by atoms with E-state index in [2.05, 4.69) is 20.8 Å². The molecule has 1 fully saturated rings. The summed E-state index contributed by atoms with van der Waals surface area (Å²) in [4.78, 5) is 15.5. The highest BCUT2D eigenvalue weighted by Gasteiger charge is 2.24. The summed E-state index contributed by atoms with van der Waals surface area (Å²) in [5.41, 5.74) is 0.768. The Balaban J connectivity index is 1.85. The van der Waals surface area contributed by atoms with Crippen molar-refractivity contribution in [2.24, 2.45) is 0 Å². The van der Waals surface area contributed by atoms with Crippen LogP contribution >= 0.6 is 0 Å². The monoisotopic (exact) mass is 274 g/mol. The van der Waals surface area contributed by atoms with Gasteiger partial charge in [0.25, 0.3) is 0 Å². The van der Waals surface area contributed by atoms with E-state index in [1.54, 1.807) is 7.11 Å². The van der Waals surface area contributed by atoms with Crippen LogP contribution in [0.2, 0.25) is 0 Å². The summed E-state index contributed by atoms with van der Waals surface area (Å²) < 4.78 is 10.5. The van der Waals surface area contributed by atoms with Gasteiger partial charge in [-0.3, -0.25) is 10.1 Å². The van der Waals surface area contributed by atoms with Gasteiger partial charge in [0.05, 0.1) is 19.2 Å². The van der Waals surface area contributed by atoms with Crippen LogP contribution in [0.1, 0.15) is 11.9 Å². The van der Waals surface area contributed by atoms with Crippen molar-refractivity contribution in [2.75, 3.05) is 20.2 Å². The zero-order valence-corrected chi connectivity index (χ0v) is 10.9. The minimum atomic E-state index is -0.163. The summed E-state index contributed by atoms with van der Waals surface area (Å²) in [5, 5.41) is 9.76. The van der Waals surface area contributed by atoms with Crippen LogP contribution in [-0.2, 0) is 4.79 Å². The van der Waals surface area contributed by atoms with Gasteiger partial charge in [-0.25, -0.2) is 0 Å². The lowest BCUT2D eigenvalue weighted by molar-refractivity contribution is -0.121. The van der Waals surface area contributed by atoms with Gasteiger partial charge in [-0.1, -0.05) is 17.3 Å². The van der Waals surface area contributed by atoms with Crippen molar-refractivity contribution in [3.63, 3.8) is 0 Å². The molecule has 1 aliphatic rings. The predicted octanol–water partition coefficient (Wildman–Crippen LogP) is 0.506. The van der Waals surface area contributed by atoms with Crippen LogP contribution in [0, 0.1) is 0 Å². The topological polar surface area (TPSA) is 89.3 Å². The van der Waals surface area contributed by atoms with E-state index in [9.17, 15) is 4.79 Å². The van der Waals surface area contributed by atoms with Gasteiger partial charge in [-0.05, 0) is 12.1 Å². The second-order valence-electron chi connectivity index (χ2n) is 4.39. The fraction of sp³-hybridized carbons (Fsp3) is 0.308. The number of aromatic nitrogens is 2. The van der Waals surface area contributed by atoms with E-state index in [0.29, 0.717) is 24.0 Å². The minimum absolute atomic E-state index is 0.0364. The Labute approximate surface area is 115 Å². The third kappa shape index (κ3) is 2.35. The second-order valence-corrected chi connectivity index (χ2v) is 4.39. The first-order valence-corrected chi connectivity index (χ1v) is 6.25. The molecule has 2 heterocycles. The van der Waals surface area contributed by atoms with Gasteiger partial charge >= 0.3 is 0 Å². The Kier molecular flexibility index (Phi) is 3.34. The van der Waals surface area contributed by atoms with Crippen LogP contribution < -0.4 is 15.4 Å². The smallest absolute Gasteiger partial charge is 0.245 e. The molecule has 20 heavy (non-hydrogen) atoms. The molecular weight excluding hydrogens is 260 g/mol. The van der Waals surface area contributed by atoms with E-state index in [1.165, 1.54) is 0 Å². The standard InChI is InChI=1S/C13H14N4O3/c1-19-10-5-3-2-4-8(10)12-16-13(20-17-12)9-6-15-11(18)7-14-9/h2-5,9,14H,6-7H2,1H3,(H,15,18). The Morgan fingerprint density at radius 2 is 2.25 bits per heavy atom. The lowest BCUT2D eigenvalue weighted by atomic mass is 10.2. The van der Waals surface area contributed by atoms with E-state index in [4.69, 9.17) is 9.26 Å².